The summed E-state index contributed by atoms with van der Waals surface area (Å²) in [4.78, 5) is 11.2. The Bertz CT molecular complexity index is 424. The maximum absolute atomic E-state index is 13.1. The quantitative estimate of drug-likeness (QED) is 0.767. The van der Waals surface area contributed by atoms with Crippen LogP contribution in [0.15, 0.2) is 18.2 Å². The molecular formula is C12H12FNO2. The van der Waals surface area contributed by atoms with E-state index in [0.717, 1.165) is 6.42 Å². The van der Waals surface area contributed by atoms with Crippen molar-refractivity contribution >= 4 is 5.78 Å². The van der Waals surface area contributed by atoms with Crippen molar-refractivity contribution in [3.05, 3.63) is 29.6 Å². The molecule has 4 heteroatoms. The minimum atomic E-state index is -0.636. The van der Waals surface area contributed by atoms with Crippen LogP contribution in [0.2, 0.25) is 0 Å². The largest absolute Gasteiger partial charge is 0.484 e. The lowest BCUT2D eigenvalue weighted by Gasteiger charge is -2.06. The fourth-order valence-corrected chi connectivity index (χ4v) is 1.24. The molecular weight excluding hydrogens is 209 g/mol. The number of halogens is 1. The van der Waals surface area contributed by atoms with Crippen LogP contribution >= 0.6 is 0 Å². The third-order valence-corrected chi connectivity index (χ3v) is 2.00. The monoisotopic (exact) mass is 221 g/mol. The molecule has 0 fully saturated rings. The lowest BCUT2D eigenvalue weighted by atomic mass is 10.2. The Kier molecular flexibility index (Phi) is 4.46. The van der Waals surface area contributed by atoms with E-state index in [0.29, 0.717) is 6.42 Å². The maximum atomic E-state index is 13.1. The van der Waals surface area contributed by atoms with Crippen molar-refractivity contribution in [2.24, 2.45) is 0 Å². The summed E-state index contributed by atoms with van der Waals surface area (Å²) in [7, 11) is 0. The van der Waals surface area contributed by atoms with Gasteiger partial charge >= 0.3 is 0 Å². The molecule has 0 unspecified atom stereocenters. The summed E-state index contributed by atoms with van der Waals surface area (Å²) >= 11 is 0. The van der Waals surface area contributed by atoms with Gasteiger partial charge in [-0.25, -0.2) is 4.39 Å². The third-order valence-electron chi connectivity index (χ3n) is 2.00. The molecule has 0 saturated heterocycles. The average Bonchev–Trinajstić information content (AvgIpc) is 2.27. The molecule has 0 bridgehead atoms. The molecule has 0 aliphatic carbocycles. The van der Waals surface area contributed by atoms with Crippen LogP contribution in [0, 0.1) is 17.1 Å². The molecule has 0 amide bonds. The van der Waals surface area contributed by atoms with E-state index in [1.807, 2.05) is 6.92 Å². The molecule has 0 atom stereocenters. The highest BCUT2D eigenvalue weighted by Crippen LogP contribution is 2.20. The van der Waals surface area contributed by atoms with Gasteiger partial charge in [-0.1, -0.05) is 13.0 Å². The fraction of sp³-hybridized carbons (Fsp3) is 0.333. The van der Waals surface area contributed by atoms with Gasteiger partial charge in [-0.2, -0.15) is 5.26 Å². The van der Waals surface area contributed by atoms with E-state index in [9.17, 15) is 9.18 Å². The Labute approximate surface area is 93.5 Å². The first kappa shape index (κ1) is 12.2. The Morgan fingerprint density at radius 1 is 1.56 bits per heavy atom. The number of hydrogen-bond acceptors (Lipinski definition) is 3. The summed E-state index contributed by atoms with van der Waals surface area (Å²) in [6.45, 7) is 1.77. The van der Waals surface area contributed by atoms with Crippen molar-refractivity contribution in [1.29, 1.82) is 5.26 Å². The van der Waals surface area contributed by atoms with Gasteiger partial charge in [0.05, 0.1) is 0 Å². The van der Waals surface area contributed by atoms with Crippen LogP contribution in [0.4, 0.5) is 4.39 Å². The predicted molar refractivity (Wildman–Crippen MR) is 56.5 cm³/mol. The predicted octanol–water partition coefficient (Wildman–Crippen LogP) is 2.45. The highest BCUT2D eigenvalue weighted by Gasteiger charge is 2.10. The zero-order chi connectivity index (χ0) is 12.0. The SMILES string of the molecule is CCCC(=O)COc1cccc(F)c1C#N. The second-order valence-electron chi connectivity index (χ2n) is 3.30. The standard InChI is InChI=1S/C12H12FNO2/c1-2-4-9(15)8-16-12-6-3-5-11(13)10(12)7-14/h3,5-6H,2,4,8H2,1H3. The Balaban J connectivity index is 2.71. The summed E-state index contributed by atoms with van der Waals surface area (Å²) in [5.41, 5.74) is -0.160. The number of hydrogen-bond donors (Lipinski definition) is 0. The lowest BCUT2D eigenvalue weighted by molar-refractivity contribution is -0.121. The van der Waals surface area contributed by atoms with Gasteiger partial charge in [0.25, 0.3) is 0 Å². The van der Waals surface area contributed by atoms with E-state index in [-0.39, 0.29) is 23.7 Å². The van der Waals surface area contributed by atoms with E-state index in [4.69, 9.17) is 10.00 Å². The number of nitriles is 1. The molecule has 0 heterocycles. The Morgan fingerprint density at radius 3 is 2.94 bits per heavy atom. The molecule has 1 aromatic rings. The van der Waals surface area contributed by atoms with Gasteiger partial charge in [0.2, 0.25) is 0 Å². The molecule has 1 aromatic carbocycles. The summed E-state index contributed by atoms with van der Waals surface area (Å²) in [6.07, 6.45) is 1.17. The number of carbonyl (C=O) groups excluding carboxylic acids is 1. The minimum Gasteiger partial charge on any atom is -0.484 e. The van der Waals surface area contributed by atoms with Gasteiger partial charge in [0, 0.05) is 6.42 Å². The normalized spacial score (nSPS) is 9.56. The van der Waals surface area contributed by atoms with Crippen LogP contribution < -0.4 is 4.74 Å². The van der Waals surface area contributed by atoms with E-state index in [1.54, 1.807) is 6.07 Å². The molecule has 0 N–H and O–H groups in total. The summed E-state index contributed by atoms with van der Waals surface area (Å²) in [5.74, 6) is -0.578. The first-order valence-corrected chi connectivity index (χ1v) is 5.02. The van der Waals surface area contributed by atoms with Crippen LogP contribution in [0.25, 0.3) is 0 Å². The number of Topliss-reactive ketones (excluding diaryl/α,β-unsaturated/α-hetero) is 1. The van der Waals surface area contributed by atoms with E-state index in [2.05, 4.69) is 0 Å². The summed E-state index contributed by atoms with van der Waals surface area (Å²) in [6, 6.07) is 5.80. The average molecular weight is 221 g/mol. The third kappa shape index (κ3) is 3.06. The van der Waals surface area contributed by atoms with Gasteiger partial charge in [-0.3, -0.25) is 4.79 Å². The molecule has 0 aromatic heterocycles. The topological polar surface area (TPSA) is 50.1 Å². The van der Waals surface area contributed by atoms with Crippen LogP contribution in [-0.2, 0) is 4.79 Å². The number of benzene rings is 1. The van der Waals surface area contributed by atoms with Crippen molar-refractivity contribution in [3.63, 3.8) is 0 Å². The van der Waals surface area contributed by atoms with Crippen molar-refractivity contribution in [3.8, 4) is 11.8 Å². The number of rotatable bonds is 5. The smallest absolute Gasteiger partial charge is 0.170 e. The minimum absolute atomic E-state index is 0.0596. The summed E-state index contributed by atoms with van der Waals surface area (Å²) in [5, 5.41) is 8.71. The number of ether oxygens (including phenoxy) is 1. The molecule has 0 aliphatic heterocycles. The molecule has 0 spiro atoms. The first-order chi connectivity index (χ1) is 7.69. The molecule has 1 rings (SSSR count). The van der Waals surface area contributed by atoms with Crippen LogP contribution in [-0.4, -0.2) is 12.4 Å². The van der Waals surface area contributed by atoms with Gasteiger partial charge in [-0.15, -0.1) is 0 Å². The Hall–Kier alpha value is -1.89. The van der Waals surface area contributed by atoms with Gasteiger partial charge in [0.1, 0.15) is 29.8 Å². The van der Waals surface area contributed by atoms with Gasteiger partial charge < -0.3 is 4.74 Å². The highest BCUT2D eigenvalue weighted by atomic mass is 19.1. The van der Waals surface area contributed by atoms with Crippen LogP contribution in [0.5, 0.6) is 5.75 Å². The fourth-order valence-electron chi connectivity index (χ4n) is 1.24. The van der Waals surface area contributed by atoms with Gasteiger partial charge in [-0.05, 0) is 18.6 Å². The second-order valence-corrected chi connectivity index (χ2v) is 3.30. The number of ketones is 1. The number of carbonyl (C=O) groups is 1. The molecule has 0 saturated carbocycles. The molecule has 0 radical (unpaired) electrons. The van der Waals surface area contributed by atoms with Crippen molar-refractivity contribution in [2.75, 3.05) is 6.61 Å². The molecule has 84 valence electrons. The molecule has 16 heavy (non-hydrogen) atoms. The second kappa shape index (κ2) is 5.86. The maximum Gasteiger partial charge on any atom is 0.170 e. The van der Waals surface area contributed by atoms with Crippen LogP contribution in [0.1, 0.15) is 25.3 Å². The van der Waals surface area contributed by atoms with E-state index in [1.165, 1.54) is 18.2 Å². The zero-order valence-electron chi connectivity index (χ0n) is 9.00. The lowest BCUT2D eigenvalue weighted by Crippen LogP contribution is -2.11. The summed E-state index contributed by atoms with van der Waals surface area (Å²) < 4.78 is 18.2. The van der Waals surface area contributed by atoms with Crippen molar-refractivity contribution < 1.29 is 13.9 Å². The van der Waals surface area contributed by atoms with Crippen LogP contribution in [0.3, 0.4) is 0 Å². The first-order valence-electron chi connectivity index (χ1n) is 5.02. The van der Waals surface area contributed by atoms with Crippen molar-refractivity contribution in [2.45, 2.75) is 19.8 Å². The highest BCUT2D eigenvalue weighted by molar-refractivity contribution is 5.79. The zero-order valence-corrected chi connectivity index (χ0v) is 9.00. The van der Waals surface area contributed by atoms with E-state index < -0.39 is 5.82 Å². The Morgan fingerprint density at radius 2 is 2.31 bits per heavy atom. The molecule has 3 nitrogen and oxygen atoms in total. The van der Waals surface area contributed by atoms with E-state index >= 15 is 0 Å². The molecule has 0 aliphatic rings. The van der Waals surface area contributed by atoms with Gasteiger partial charge in [0.15, 0.2) is 5.78 Å². The van der Waals surface area contributed by atoms with Crippen molar-refractivity contribution in [1.82, 2.24) is 0 Å². The number of nitrogens with zero attached hydrogens (tertiary/aromatic N) is 1.